The molecule has 0 aliphatic carbocycles. The lowest BCUT2D eigenvalue weighted by Crippen LogP contribution is -2.33. The minimum atomic E-state index is -3.70. The van der Waals surface area contributed by atoms with Crippen molar-refractivity contribution >= 4 is 121 Å². The highest BCUT2D eigenvalue weighted by Crippen LogP contribution is 2.44. The van der Waals surface area contributed by atoms with E-state index in [9.17, 15) is 21.6 Å². The predicted octanol–water partition coefficient (Wildman–Crippen LogP) is 7.74. The van der Waals surface area contributed by atoms with Gasteiger partial charge in [0.2, 0.25) is 22.6 Å². The zero-order chi connectivity index (χ0) is 27.2. The van der Waals surface area contributed by atoms with E-state index in [1.54, 1.807) is 30.3 Å². The molecule has 0 fully saturated rings. The van der Waals surface area contributed by atoms with Crippen LogP contribution in [-0.2, 0) is 19.7 Å². The Bertz CT molecular complexity index is 1240. The van der Waals surface area contributed by atoms with E-state index in [-0.39, 0.29) is 21.7 Å². The molecule has 2 rings (SSSR count). The summed E-state index contributed by atoms with van der Waals surface area (Å²) in [5, 5.41) is 2.88. The van der Waals surface area contributed by atoms with Gasteiger partial charge in [-0.05, 0) is 151 Å². The van der Waals surface area contributed by atoms with E-state index in [1.165, 1.54) is 12.1 Å². The van der Waals surface area contributed by atoms with Gasteiger partial charge in [-0.3, -0.25) is 4.79 Å². The molecular formula is C21H23Br6NO5S2. The summed E-state index contributed by atoms with van der Waals surface area (Å²) in [7, 11) is -7.15. The maximum Gasteiger partial charge on any atom is 0.251 e. The van der Waals surface area contributed by atoms with Gasteiger partial charge in [0.25, 0.3) is 5.91 Å². The van der Waals surface area contributed by atoms with E-state index in [0.29, 0.717) is 5.56 Å². The smallest absolute Gasteiger partial charge is 0.251 e. The zero-order valence-corrected chi connectivity index (χ0v) is 29.9. The molecule has 0 unspecified atom stereocenters. The Labute approximate surface area is 257 Å². The van der Waals surface area contributed by atoms with Gasteiger partial charge in [0.05, 0.1) is 9.79 Å². The highest BCUT2D eigenvalue weighted by molar-refractivity contribution is 9.42. The van der Waals surface area contributed by atoms with E-state index in [4.69, 9.17) is 0 Å². The third kappa shape index (κ3) is 9.43. The number of rotatable bonds is 6. The predicted molar refractivity (Wildman–Crippen MR) is 163 cm³/mol. The summed E-state index contributed by atoms with van der Waals surface area (Å²) in [6.45, 7) is 5.83. The van der Waals surface area contributed by atoms with Crippen LogP contribution in [0.3, 0.4) is 0 Å². The molecule has 6 nitrogen and oxygen atoms in total. The van der Waals surface area contributed by atoms with Crippen LogP contribution in [0.5, 0.6) is 0 Å². The quantitative estimate of drug-likeness (QED) is 0.300. The number of hydrogen-bond donors (Lipinski definition) is 1. The minimum Gasteiger partial charge on any atom is -0.349 e. The number of carbonyl (C=O) groups is 1. The van der Waals surface area contributed by atoms with Crippen LogP contribution in [0.25, 0.3) is 0 Å². The molecule has 196 valence electrons. The second-order valence-corrected chi connectivity index (χ2v) is 28.1. The Balaban J connectivity index is 0.000000379. The number of nitrogens with one attached hydrogen (secondary N) is 1. The molecule has 0 spiro atoms. The van der Waals surface area contributed by atoms with Crippen molar-refractivity contribution in [2.24, 2.45) is 0 Å². The summed E-state index contributed by atoms with van der Waals surface area (Å²) in [5.74, 6) is -0.273. The van der Waals surface area contributed by atoms with Gasteiger partial charge < -0.3 is 5.32 Å². The van der Waals surface area contributed by atoms with Gasteiger partial charge >= 0.3 is 0 Å². The highest BCUT2D eigenvalue weighted by atomic mass is 80.0. The molecule has 0 heterocycles. The Morgan fingerprint density at radius 1 is 0.800 bits per heavy atom. The summed E-state index contributed by atoms with van der Waals surface area (Å²) < 4.78 is 45.6. The van der Waals surface area contributed by atoms with Crippen molar-refractivity contribution < 1.29 is 21.6 Å². The molecule has 0 aliphatic heterocycles. The monoisotopic (exact) mass is 907 g/mol. The third-order valence-electron chi connectivity index (χ3n) is 4.64. The Morgan fingerprint density at radius 3 is 1.63 bits per heavy atom. The number of hydrogen-bond acceptors (Lipinski definition) is 5. The number of sulfone groups is 2. The van der Waals surface area contributed by atoms with E-state index < -0.39 is 22.6 Å². The molecule has 0 saturated heterocycles. The van der Waals surface area contributed by atoms with Crippen LogP contribution in [0.2, 0.25) is 0 Å². The number of carbonyl (C=O) groups excluding carboxylic acids is 1. The molecule has 0 aliphatic rings. The minimum absolute atomic E-state index is 0.0466. The number of halogens is 6. The molecule has 2 aromatic rings. The number of alkyl halides is 6. The molecular weight excluding hydrogens is 890 g/mol. The number of aryl methyl sites for hydroxylation is 1. The van der Waals surface area contributed by atoms with Crippen molar-refractivity contribution in [2.75, 3.05) is 0 Å². The standard InChI is InChI=1S/C13H16Br3NO3S.C8H7Br3O2S/c1-3-10(4-2)17-12(18)9-6-5-7-11(8-9)21(19,20)13(14,15)16;1-6-3-2-4-7(5-6)14(12,13)8(9,10)11/h5-8,10H,3-4H2,1-2H3,(H,17,18);2-5H,1H3. The van der Waals surface area contributed by atoms with Crippen LogP contribution < -0.4 is 5.32 Å². The van der Waals surface area contributed by atoms with E-state index in [0.717, 1.165) is 18.4 Å². The first-order chi connectivity index (χ1) is 15.9. The lowest BCUT2D eigenvalue weighted by molar-refractivity contribution is 0.0934. The lowest BCUT2D eigenvalue weighted by Gasteiger charge is -2.16. The molecule has 0 bridgehead atoms. The molecule has 14 heteroatoms. The molecule has 0 aromatic heterocycles. The van der Waals surface area contributed by atoms with Gasteiger partial charge in [-0.15, -0.1) is 0 Å². The van der Waals surface area contributed by atoms with E-state index in [2.05, 4.69) is 101 Å². The van der Waals surface area contributed by atoms with Crippen molar-refractivity contribution in [3.05, 3.63) is 59.7 Å². The average molecular weight is 913 g/mol. The average Bonchev–Trinajstić information content (AvgIpc) is 2.76. The fourth-order valence-corrected chi connectivity index (χ4v) is 7.65. The summed E-state index contributed by atoms with van der Waals surface area (Å²) in [6.07, 6.45) is 1.65. The van der Waals surface area contributed by atoms with Gasteiger partial charge in [0.15, 0.2) is 0 Å². The maximum absolute atomic E-state index is 12.3. The van der Waals surface area contributed by atoms with Crippen LogP contribution in [0, 0.1) is 6.92 Å². The first-order valence-electron chi connectivity index (χ1n) is 9.98. The summed E-state index contributed by atoms with van der Waals surface area (Å²) in [4.78, 5) is 12.5. The van der Waals surface area contributed by atoms with Crippen molar-refractivity contribution in [1.82, 2.24) is 5.32 Å². The van der Waals surface area contributed by atoms with Gasteiger partial charge in [0, 0.05) is 11.6 Å². The summed E-state index contributed by atoms with van der Waals surface area (Å²) >= 11 is 18.0. The first kappa shape index (κ1) is 33.7. The van der Waals surface area contributed by atoms with Crippen LogP contribution in [-0.4, -0.2) is 31.7 Å². The largest absolute Gasteiger partial charge is 0.349 e. The second kappa shape index (κ2) is 13.7. The number of benzene rings is 2. The Hall–Kier alpha value is 0.690. The SMILES string of the molecule is CCC(CC)NC(=O)c1cccc(S(=O)(=O)C(Br)(Br)Br)c1.Cc1cccc(S(=O)(=O)C(Br)(Br)Br)c1. The first-order valence-corrected chi connectivity index (χ1v) is 17.7. The van der Waals surface area contributed by atoms with Gasteiger partial charge in [0.1, 0.15) is 0 Å². The molecule has 35 heavy (non-hydrogen) atoms. The number of amides is 1. The second-order valence-electron chi connectivity index (χ2n) is 7.23. The lowest BCUT2D eigenvalue weighted by atomic mass is 10.1. The normalized spacial score (nSPS) is 12.6. The van der Waals surface area contributed by atoms with Crippen LogP contribution in [0.4, 0.5) is 0 Å². The topological polar surface area (TPSA) is 97.4 Å². The summed E-state index contributed by atoms with van der Waals surface area (Å²) in [6, 6.07) is 12.8. The van der Waals surface area contributed by atoms with Crippen molar-refractivity contribution in [1.29, 1.82) is 0 Å². The molecule has 2 aromatic carbocycles. The van der Waals surface area contributed by atoms with Crippen molar-refractivity contribution in [3.63, 3.8) is 0 Å². The van der Waals surface area contributed by atoms with Crippen LogP contribution in [0.15, 0.2) is 58.3 Å². The maximum atomic E-state index is 12.3. The van der Waals surface area contributed by atoms with E-state index in [1.807, 2.05) is 26.8 Å². The molecule has 0 radical (unpaired) electrons. The van der Waals surface area contributed by atoms with Crippen molar-refractivity contribution in [3.8, 4) is 0 Å². The zero-order valence-electron chi connectivity index (χ0n) is 18.7. The molecule has 0 atom stereocenters. The van der Waals surface area contributed by atoms with Crippen LogP contribution >= 0.6 is 95.6 Å². The van der Waals surface area contributed by atoms with E-state index >= 15 is 0 Å². The van der Waals surface area contributed by atoms with Crippen LogP contribution in [0.1, 0.15) is 42.6 Å². The fraction of sp³-hybridized carbons (Fsp3) is 0.381. The molecule has 1 amide bonds. The van der Waals surface area contributed by atoms with Crippen molar-refractivity contribution in [2.45, 2.75) is 52.4 Å². The molecule has 1 N–H and O–H groups in total. The third-order valence-corrected chi connectivity index (χ3v) is 15.3. The van der Waals surface area contributed by atoms with Gasteiger partial charge in [-0.25, -0.2) is 16.8 Å². The molecule has 0 saturated carbocycles. The summed E-state index contributed by atoms with van der Waals surface area (Å²) in [5.41, 5.74) is 1.22. The Kier molecular flexibility index (Phi) is 13.2. The fourth-order valence-electron chi connectivity index (χ4n) is 2.62. The van der Waals surface area contributed by atoms with Gasteiger partial charge in [-0.1, -0.05) is 32.0 Å². The Morgan fingerprint density at radius 2 is 1.23 bits per heavy atom. The van der Waals surface area contributed by atoms with Gasteiger partial charge in [-0.2, -0.15) is 0 Å². The highest BCUT2D eigenvalue weighted by Gasteiger charge is 2.38.